The number of pyridine rings is 1. The van der Waals surface area contributed by atoms with E-state index < -0.39 is 15.9 Å². The maximum absolute atomic E-state index is 13.0. The number of rotatable bonds is 9. The number of hydrogen-bond acceptors (Lipinski definition) is 5. The summed E-state index contributed by atoms with van der Waals surface area (Å²) < 4.78 is 27.3. The van der Waals surface area contributed by atoms with Crippen LogP contribution in [0.5, 0.6) is 0 Å². The van der Waals surface area contributed by atoms with E-state index in [1.165, 1.54) is 22.6 Å². The van der Waals surface area contributed by atoms with Crippen LogP contribution < -0.4 is 10.2 Å². The first-order valence-corrected chi connectivity index (χ1v) is 11.9. The molecule has 0 bridgehead atoms. The molecule has 0 saturated carbocycles. The Balaban J connectivity index is 2.52. The van der Waals surface area contributed by atoms with Gasteiger partial charge in [0.25, 0.3) is 5.91 Å². The van der Waals surface area contributed by atoms with E-state index in [-0.39, 0.29) is 20.6 Å². The van der Waals surface area contributed by atoms with Gasteiger partial charge in [0.1, 0.15) is 5.15 Å². The van der Waals surface area contributed by atoms with Crippen LogP contribution in [0.1, 0.15) is 38.1 Å². The molecular formula is C20H26Cl2N4O3S. The van der Waals surface area contributed by atoms with Crippen molar-refractivity contribution in [3.63, 3.8) is 0 Å². The first kappa shape index (κ1) is 24.4. The Morgan fingerprint density at radius 2 is 1.67 bits per heavy atom. The second-order valence-electron chi connectivity index (χ2n) is 6.39. The molecule has 1 N–H and O–H groups in total. The summed E-state index contributed by atoms with van der Waals surface area (Å²) in [5, 5.41) is 3.06. The Labute approximate surface area is 188 Å². The number of carbonyl (C=O) groups excluding carboxylic acids is 1. The number of carbonyl (C=O) groups is 1. The van der Waals surface area contributed by atoms with E-state index in [0.717, 1.165) is 5.69 Å². The SMILES string of the molecule is CCN(CC)c1ccc(S(=O)(=O)N(CC)CC)cc1NC(=O)c1cnc(Cl)c(Cl)c1. The van der Waals surface area contributed by atoms with Crippen LogP contribution >= 0.6 is 23.2 Å². The van der Waals surface area contributed by atoms with Crippen LogP contribution in [0.15, 0.2) is 35.4 Å². The third-order valence-electron chi connectivity index (χ3n) is 4.72. The zero-order chi connectivity index (χ0) is 22.5. The van der Waals surface area contributed by atoms with Gasteiger partial charge in [-0.1, -0.05) is 37.0 Å². The Morgan fingerprint density at radius 1 is 1.03 bits per heavy atom. The summed E-state index contributed by atoms with van der Waals surface area (Å²) in [5.74, 6) is -0.466. The largest absolute Gasteiger partial charge is 0.370 e. The first-order valence-electron chi connectivity index (χ1n) is 9.70. The van der Waals surface area contributed by atoms with Crippen LogP contribution in [0, 0.1) is 0 Å². The van der Waals surface area contributed by atoms with Crippen LogP contribution in [0.2, 0.25) is 10.2 Å². The smallest absolute Gasteiger partial charge is 0.257 e. The predicted molar refractivity (Wildman–Crippen MR) is 122 cm³/mol. The summed E-state index contributed by atoms with van der Waals surface area (Å²) in [6.45, 7) is 9.62. The van der Waals surface area contributed by atoms with E-state index in [4.69, 9.17) is 23.2 Å². The van der Waals surface area contributed by atoms with E-state index in [1.807, 2.05) is 18.7 Å². The van der Waals surface area contributed by atoms with Crippen molar-refractivity contribution < 1.29 is 13.2 Å². The van der Waals surface area contributed by atoms with Gasteiger partial charge in [0.2, 0.25) is 10.0 Å². The minimum absolute atomic E-state index is 0.101. The van der Waals surface area contributed by atoms with Gasteiger partial charge >= 0.3 is 0 Å². The molecule has 0 fully saturated rings. The van der Waals surface area contributed by atoms with Crippen molar-refractivity contribution >= 4 is 50.5 Å². The van der Waals surface area contributed by atoms with Crippen molar-refractivity contribution in [1.82, 2.24) is 9.29 Å². The molecule has 7 nitrogen and oxygen atoms in total. The summed E-state index contributed by atoms with van der Waals surface area (Å²) in [5.41, 5.74) is 1.33. The van der Waals surface area contributed by atoms with Crippen LogP contribution in [0.25, 0.3) is 0 Å². The Bertz CT molecular complexity index is 1010. The second kappa shape index (κ2) is 10.4. The van der Waals surface area contributed by atoms with E-state index in [2.05, 4.69) is 10.3 Å². The topological polar surface area (TPSA) is 82.6 Å². The number of benzene rings is 1. The lowest BCUT2D eigenvalue weighted by Crippen LogP contribution is -2.31. The first-order chi connectivity index (χ1) is 14.2. The minimum atomic E-state index is -3.68. The van der Waals surface area contributed by atoms with Gasteiger partial charge < -0.3 is 10.2 Å². The molecule has 0 unspecified atom stereocenters. The third kappa shape index (κ3) is 5.24. The Kier molecular flexibility index (Phi) is 8.49. The molecule has 0 radical (unpaired) electrons. The van der Waals surface area contributed by atoms with Gasteiger partial charge in [-0.3, -0.25) is 4.79 Å². The van der Waals surface area contributed by atoms with Gasteiger partial charge in [-0.05, 0) is 38.1 Å². The summed E-state index contributed by atoms with van der Waals surface area (Å²) in [6, 6.07) is 6.19. The maximum Gasteiger partial charge on any atom is 0.257 e. The molecule has 0 atom stereocenters. The summed E-state index contributed by atoms with van der Waals surface area (Å²) >= 11 is 11.8. The highest BCUT2D eigenvalue weighted by Gasteiger charge is 2.24. The van der Waals surface area contributed by atoms with Gasteiger partial charge in [-0.15, -0.1) is 0 Å². The van der Waals surface area contributed by atoms with Crippen LogP contribution in [0.3, 0.4) is 0 Å². The standard InChI is InChI=1S/C20H26Cl2N4O3S/c1-5-25(6-2)18-10-9-15(30(28,29)26(7-3)8-4)12-17(18)24-20(27)14-11-16(21)19(22)23-13-14/h9-13H,5-8H2,1-4H3,(H,24,27). The molecule has 1 aromatic carbocycles. The lowest BCUT2D eigenvalue weighted by atomic mass is 10.2. The molecule has 2 rings (SSSR count). The molecule has 10 heteroatoms. The van der Waals surface area contributed by atoms with Gasteiger partial charge in [-0.2, -0.15) is 4.31 Å². The molecule has 164 valence electrons. The van der Waals surface area contributed by atoms with Crippen molar-refractivity contribution in [2.45, 2.75) is 32.6 Å². The molecule has 0 aliphatic heterocycles. The lowest BCUT2D eigenvalue weighted by molar-refractivity contribution is 0.102. The number of aromatic nitrogens is 1. The summed E-state index contributed by atoms with van der Waals surface area (Å²) in [7, 11) is -3.68. The predicted octanol–water partition coefficient (Wildman–Crippen LogP) is 4.52. The van der Waals surface area contributed by atoms with Gasteiger partial charge in [0.15, 0.2) is 0 Å². The van der Waals surface area contributed by atoms with Crippen molar-refractivity contribution in [2.75, 3.05) is 36.4 Å². The zero-order valence-corrected chi connectivity index (χ0v) is 19.8. The lowest BCUT2D eigenvalue weighted by Gasteiger charge is -2.26. The molecule has 30 heavy (non-hydrogen) atoms. The average Bonchev–Trinajstić information content (AvgIpc) is 2.72. The van der Waals surface area contributed by atoms with Gasteiger partial charge in [-0.25, -0.2) is 13.4 Å². The van der Waals surface area contributed by atoms with Gasteiger partial charge in [0.05, 0.1) is 26.9 Å². The molecule has 0 spiro atoms. The van der Waals surface area contributed by atoms with E-state index in [1.54, 1.807) is 26.0 Å². The molecule has 1 amide bonds. The molecule has 0 aliphatic rings. The van der Waals surface area contributed by atoms with E-state index in [9.17, 15) is 13.2 Å². The van der Waals surface area contributed by atoms with Crippen LogP contribution in [0.4, 0.5) is 11.4 Å². The fraction of sp³-hybridized carbons (Fsp3) is 0.400. The molecule has 0 aliphatic carbocycles. The number of halogens is 2. The number of nitrogens with zero attached hydrogens (tertiary/aromatic N) is 3. The Hall–Kier alpha value is -1.87. The van der Waals surface area contributed by atoms with E-state index in [0.29, 0.717) is 31.9 Å². The summed E-state index contributed by atoms with van der Waals surface area (Å²) in [4.78, 5) is 18.8. The highest BCUT2D eigenvalue weighted by molar-refractivity contribution is 7.89. The Morgan fingerprint density at radius 3 is 2.20 bits per heavy atom. The molecule has 1 aromatic heterocycles. The molecular weight excluding hydrogens is 447 g/mol. The third-order valence-corrected chi connectivity index (χ3v) is 7.45. The van der Waals surface area contributed by atoms with Crippen LogP contribution in [-0.4, -0.2) is 49.8 Å². The fourth-order valence-electron chi connectivity index (χ4n) is 3.07. The summed E-state index contributed by atoms with van der Waals surface area (Å²) in [6.07, 6.45) is 1.32. The normalized spacial score (nSPS) is 11.6. The van der Waals surface area contributed by atoms with Crippen molar-refractivity contribution in [2.24, 2.45) is 0 Å². The molecule has 0 saturated heterocycles. The second-order valence-corrected chi connectivity index (χ2v) is 9.09. The highest BCUT2D eigenvalue weighted by atomic mass is 35.5. The number of anilines is 2. The highest BCUT2D eigenvalue weighted by Crippen LogP contribution is 2.31. The quantitative estimate of drug-likeness (QED) is 0.542. The zero-order valence-electron chi connectivity index (χ0n) is 17.4. The van der Waals surface area contributed by atoms with Crippen molar-refractivity contribution in [1.29, 1.82) is 0 Å². The number of nitrogens with one attached hydrogen (secondary N) is 1. The minimum Gasteiger partial charge on any atom is -0.370 e. The monoisotopic (exact) mass is 472 g/mol. The van der Waals surface area contributed by atoms with Crippen molar-refractivity contribution in [3.05, 3.63) is 46.2 Å². The number of sulfonamides is 1. The fourth-order valence-corrected chi connectivity index (χ4v) is 4.82. The van der Waals surface area contributed by atoms with E-state index >= 15 is 0 Å². The maximum atomic E-state index is 13.0. The van der Waals surface area contributed by atoms with Gasteiger partial charge in [0, 0.05) is 32.4 Å². The van der Waals surface area contributed by atoms with Crippen LogP contribution in [-0.2, 0) is 10.0 Å². The molecule has 1 heterocycles. The number of amides is 1. The van der Waals surface area contributed by atoms with Crippen molar-refractivity contribution in [3.8, 4) is 0 Å². The number of hydrogen-bond donors (Lipinski definition) is 1. The average molecular weight is 473 g/mol. The molecule has 2 aromatic rings.